The second kappa shape index (κ2) is 6.85. The summed E-state index contributed by atoms with van der Waals surface area (Å²) in [5, 5.41) is 13.0. The Bertz CT molecular complexity index is 551. The van der Waals surface area contributed by atoms with Crippen molar-refractivity contribution >= 4 is 16.0 Å². The standard InChI is InChI=1S/C12H21N3O4S/c1-4-5-6-11(12(16)17)14-20(18,19)10-7-13-15(8-10)9(2)3/h7-9,11,14H,4-6H2,1-3H3,(H,16,17)/t11-/m0/s1. The number of aromatic nitrogens is 2. The minimum atomic E-state index is -3.86. The summed E-state index contributed by atoms with van der Waals surface area (Å²) in [6, 6.07) is -1.07. The van der Waals surface area contributed by atoms with Crippen LogP contribution in [0.4, 0.5) is 0 Å². The van der Waals surface area contributed by atoms with E-state index in [1.807, 2.05) is 20.8 Å². The highest BCUT2D eigenvalue weighted by Crippen LogP contribution is 2.13. The summed E-state index contributed by atoms with van der Waals surface area (Å²) in [4.78, 5) is 11.1. The maximum atomic E-state index is 12.1. The Morgan fingerprint density at radius 1 is 1.50 bits per heavy atom. The summed E-state index contributed by atoms with van der Waals surface area (Å²) in [5.41, 5.74) is 0. The molecule has 114 valence electrons. The molecule has 8 heteroatoms. The van der Waals surface area contributed by atoms with E-state index in [2.05, 4.69) is 9.82 Å². The fourth-order valence-electron chi connectivity index (χ4n) is 1.64. The fourth-order valence-corrected chi connectivity index (χ4v) is 2.80. The third kappa shape index (κ3) is 4.31. The Kier molecular flexibility index (Phi) is 5.70. The molecule has 0 aliphatic heterocycles. The van der Waals surface area contributed by atoms with Gasteiger partial charge in [0.1, 0.15) is 10.9 Å². The third-order valence-corrected chi connectivity index (χ3v) is 4.29. The lowest BCUT2D eigenvalue weighted by Crippen LogP contribution is -2.40. The van der Waals surface area contributed by atoms with Crippen LogP contribution in [0, 0.1) is 0 Å². The van der Waals surface area contributed by atoms with E-state index in [4.69, 9.17) is 5.11 Å². The van der Waals surface area contributed by atoms with Crippen LogP contribution in [-0.2, 0) is 14.8 Å². The summed E-state index contributed by atoms with van der Waals surface area (Å²) >= 11 is 0. The Hall–Kier alpha value is -1.41. The number of hydrogen-bond donors (Lipinski definition) is 2. The maximum absolute atomic E-state index is 12.1. The van der Waals surface area contributed by atoms with Gasteiger partial charge in [-0.3, -0.25) is 9.48 Å². The molecule has 7 nitrogen and oxygen atoms in total. The van der Waals surface area contributed by atoms with Crippen molar-refractivity contribution < 1.29 is 18.3 Å². The predicted molar refractivity (Wildman–Crippen MR) is 73.9 cm³/mol. The minimum Gasteiger partial charge on any atom is -0.480 e. The van der Waals surface area contributed by atoms with Gasteiger partial charge in [0, 0.05) is 12.2 Å². The van der Waals surface area contributed by atoms with Gasteiger partial charge in [-0.25, -0.2) is 8.42 Å². The van der Waals surface area contributed by atoms with Crippen LogP contribution in [0.25, 0.3) is 0 Å². The Labute approximate surface area is 119 Å². The van der Waals surface area contributed by atoms with E-state index >= 15 is 0 Å². The molecule has 1 rings (SSSR count). The predicted octanol–water partition coefficient (Wildman–Crippen LogP) is 1.39. The molecule has 0 unspecified atom stereocenters. The van der Waals surface area contributed by atoms with E-state index in [0.717, 1.165) is 6.42 Å². The molecular formula is C12H21N3O4S. The maximum Gasteiger partial charge on any atom is 0.321 e. The average Bonchev–Trinajstić information content (AvgIpc) is 2.84. The highest BCUT2D eigenvalue weighted by atomic mass is 32.2. The van der Waals surface area contributed by atoms with Crippen LogP contribution in [0.15, 0.2) is 17.3 Å². The lowest BCUT2D eigenvalue weighted by atomic mass is 10.1. The van der Waals surface area contributed by atoms with E-state index < -0.39 is 22.0 Å². The molecule has 0 aromatic carbocycles. The number of nitrogens with zero attached hydrogens (tertiary/aromatic N) is 2. The van der Waals surface area contributed by atoms with Crippen molar-refractivity contribution in [2.75, 3.05) is 0 Å². The van der Waals surface area contributed by atoms with Crippen LogP contribution in [0.3, 0.4) is 0 Å². The zero-order chi connectivity index (χ0) is 15.3. The van der Waals surface area contributed by atoms with Crippen LogP contribution in [-0.4, -0.2) is 35.3 Å². The number of sulfonamides is 1. The molecule has 0 aliphatic rings. The van der Waals surface area contributed by atoms with Crippen molar-refractivity contribution in [2.45, 2.75) is 57.0 Å². The fraction of sp³-hybridized carbons (Fsp3) is 0.667. The van der Waals surface area contributed by atoms with Gasteiger partial charge in [0.25, 0.3) is 0 Å². The first kappa shape index (κ1) is 16.6. The first-order valence-electron chi connectivity index (χ1n) is 6.57. The minimum absolute atomic E-state index is 0.0195. The summed E-state index contributed by atoms with van der Waals surface area (Å²) in [7, 11) is -3.86. The van der Waals surface area contributed by atoms with Crippen LogP contribution >= 0.6 is 0 Å². The summed E-state index contributed by atoms with van der Waals surface area (Å²) < 4.78 is 28.0. The second-order valence-electron chi connectivity index (χ2n) is 4.90. The van der Waals surface area contributed by atoms with Gasteiger partial charge < -0.3 is 5.11 Å². The van der Waals surface area contributed by atoms with Crippen molar-refractivity contribution in [3.63, 3.8) is 0 Å². The lowest BCUT2D eigenvalue weighted by molar-refractivity contribution is -0.139. The topological polar surface area (TPSA) is 101 Å². The monoisotopic (exact) mass is 303 g/mol. The lowest BCUT2D eigenvalue weighted by Gasteiger charge is -2.13. The first-order valence-corrected chi connectivity index (χ1v) is 8.05. The molecule has 2 N–H and O–H groups in total. The summed E-state index contributed by atoms with van der Waals surface area (Å²) in [5.74, 6) is -1.17. The zero-order valence-electron chi connectivity index (χ0n) is 11.9. The number of rotatable bonds is 8. The molecule has 0 fully saturated rings. The van der Waals surface area contributed by atoms with Gasteiger partial charge in [-0.1, -0.05) is 19.8 Å². The number of carboxylic acids is 1. The van der Waals surface area contributed by atoms with Crippen LogP contribution in [0.5, 0.6) is 0 Å². The zero-order valence-corrected chi connectivity index (χ0v) is 12.7. The van der Waals surface area contributed by atoms with Gasteiger partial charge in [0.15, 0.2) is 0 Å². The first-order chi connectivity index (χ1) is 9.27. The number of carboxylic acid groups (broad SMARTS) is 1. The normalized spacial score (nSPS) is 13.6. The Morgan fingerprint density at radius 3 is 2.60 bits per heavy atom. The van der Waals surface area contributed by atoms with Crippen molar-refractivity contribution in [2.24, 2.45) is 0 Å². The molecule has 0 aliphatic carbocycles. The molecule has 0 amide bonds. The molecule has 0 spiro atoms. The highest BCUT2D eigenvalue weighted by molar-refractivity contribution is 7.89. The molecule has 0 bridgehead atoms. The molecule has 1 aromatic heterocycles. The van der Waals surface area contributed by atoms with Crippen molar-refractivity contribution in [3.8, 4) is 0 Å². The van der Waals surface area contributed by atoms with Gasteiger partial charge in [0.2, 0.25) is 10.0 Å². The van der Waals surface area contributed by atoms with Crippen LogP contribution < -0.4 is 4.72 Å². The van der Waals surface area contributed by atoms with Gasteiger partial charge in [-0.05, 0) is 20.3 Å². The summed E-state index contributed by atoms with van der Waals surface area (Å²) in [6.07, 6.45) is 4.33. The average molecular weight is 303 g/mol. The number of carbonyl (C=O) groups is 1. The molecule has 0 saturated heterocycles. The summed E-state index contributed by atoms with van der Waals surface area (Å²) in [6.45, 7) is 5.66. The smallest absolute Gasteiger partial charge is 0.321 e. The van der Waals surface area contributed by atoms with Crippen LogP contribution in [0.2, 0.25) is 0 Å². The molecule has 0 radical (unpaired) electrons. The quantitative estimate of drug-likeness (QED) is 0.755. The number of hydrogen-bond acceptors (Lipinski definition) is 4. The van der Waals surface area contributed by atoms with E-state index in [1.165, 1.54) is 17.1 Å². The van der Waals surface area contributed by atoms with E-state index in [1.54, 1.807) is 0 Å². The van der Waals surface area contributed by atoms with Crippen LogP contribution in [0.1, 0.15) is 46.1 Å². The number of nitrogens with one attached hydrogen (secondary N) is 1. The molecule has 20 heavy (non-hydrogen) atoms. The van der Waals surface area contributed by atoms with Crippen molar-refractivity contribution in [1.29, 1.82) is 0 Å². The molecule has 1 aromatic rings. The largest absolute Gasteiger partial charge is 0.480 e. The van der Waals surface area contributed by atoms with Gasteiger partial charge >= 0.3 is 5.97 Å². The van der Waals surface area contributed by atoms with Gasteiger partial charge in [-0.2, -0.15) is 9.82 Å². The number of aliphatic carboxylic acids is 1. The third-order valence-electron chi connectivity index (χ3n) is 2.86. The SMILES string of the molecule is CCCC[C@H](NS(=O)(=O)c1cnn(C(C)C)c1)C(=O)O. The molecule has 1 atom stereocenters. The number of unbranched alkanes of at least 4 members (excludes halogenated alkanes) is 1. The molecule has 0 saturated carbocycles. The van der Waals surface area contributed by atoms with E-state index in [0.29, 0.717) is 6.42 Å². The van der Waals surface area contributed by atoms with Crippen molar-refractivity contribution in [1.82, 2.24) is 14.5 Å². The molecule has 1 heterocycles. The van der Waals surface area contributed by atoms with Crippen molar-refractivity contribution in [3.05, 3.63) is 12.4 Å². The Morgan fingerprint density at radius 2 is 2.15 bits per heavy atom. The Balaban J connectivity index is 2.88. The second-order valence-corrected chi connectivity index (χ2v) is 6.62. The van der Waals surface area contributed by atoms with Gasteiger partial charge in [0.05, 0.1) is 6.20 Å². The van der Waals surface area contributed by atoms with E-state index in [9.17, 15) is 13.2 Å². The highest BCUT2D eigenvalue weighted by Gasteiger charge is 2.26. The molecular weight excluding hydrogens is 282 g/mol. The van der Waals surface area contributed by atoms with E-state index in [-0.39, 0.29) is 17.4 Å². The van der Waals surface area contributed by atoms with Gasteiger partial charge in [-0.15, -0.1) is 0 Å².